The van der Waals surface area contributed by atoms with Gasteiger partial charge in [0, 0.05) is 6.54 Å². The van der Waals surface area contributed by atoms with Crippen LogP contribution in [0.1, 0.15) is 13.8 Å². The Morgan fingerprint density at radius 1 is 1.60 bits per heavy atom. The number of hydrogen-bond donors (Lipinski definition) is 1. The van der Waals surface area contributed by atoms with E-state index in [1.807, 2.05) is 11.0 Å². The van der Waals surface area contributed by atoms with Crippen molar-refractivity contribution in [1.29, 1.82) is 5.26 Å². The second-order valence-corrected chi connectivity index (χ2v) is 5.20. The van der Waals surface area contributed by atoms with Crippen molar-refractivity contribution in [3.05, 3.63) is 12.1 Å². The van der Waals surface area contributed by atoms with Crippen LogP contribution in [0.15, 0.2) is 12.1 Å². The maximum absolute atomic E-state index is 8.93. The molecule has 6 heteroatoms. The fourth-order valence-corrected chi connectivity index (χ4v) is 1.91. The van der Waals surface area contributed by atoms with Gasteiger partial charge in [-0.25, -0.2) is 0 Å². The van der Waals surface area contributed by atoms with Gasteiger partial charge in [0.1, 0.15) is 5.82 Å². The molecule has 1 aromatic rings. The van der Waals surface area contributed by atoms with Crippen molar-refractivity contribution in [2.24, 2.45) is 5.92 Å². The predicted octanol–water partition coefficient (Wildman–Crippen LogP) is 1.43. The van der Waals surface area contributed by atoms with Crippen LogP contribution in [0.5, 0.6) is 5.88 Å². The summed E-state index contributed by atoms with van der Waals surface area (Å²) in [5.74, 6) is 1.63. The Hall–Kier alpha value is -2.00. The van der Waals surface area contributed by atoms with E-state index in [2.05, 4.69) is 24.9 Å². The van der Waals surface area contributed by atoms with Crippen LogP contribution in [0.2, 0.25) is 0 Å². The van der Waals surface area contributed by atoms with Crippen LogP contribution in [0.3, 0.4) is 0 Å². The molecule has 1 aliphatic rings. The Bertz CT molecular complexity index is 498. The summed E-state index contributed by atoms with van der Waals surface area (Å²) < 4.78 is 10.9. The van der Waals surface area contributed by atoms with Crippen LogP contribution < -0.4 is 15.4 Å². The van der Waals surface area contributed by atoms with Gasteiger partial charge in [-0.3, -0.25) is 0 Å². The SMILES string of the molecule is CC(C)COc1nc(N2CCOC(C#N)C2)ccc1N. The van der Waals surface area contributed by atoms with Crippen molar-refractivity contribution in [3.8, 4) is 11.9 Å². The van der Waals surface area contributed by atoms with Gasteiger partial charge in [0.2, 0.25) is 5.88 Å². The van der Waals surface area contributed by atoms with Crippen LogP contribution >= 0.6 is 0 Å². The van der Waals surface area contributed by atoms with Crippen molar-refractivity contribution in [2.45, 2.75) is 20.0 Å². The molecule has 108 valence electrons. The Morgan fingerprint density at radius 2 is 2.40 bits per heavy atom. The summed E-state index contributed by atoms with van der Waals surface area (Å²) in [5, 5.41) is 8.93. The Labute approximate surface area is 119 Å². The van der Waals surface area contributed by atoms with E-state index < -0.39 is 6.10 Å². The number of nitriles is 1. The van der Waals surface area contributed by atoms with Crippen LogP contribution in [0.25, 0.3) is 0 Å². The van der Waals surface area contributed by atoms with Gasteiger partial charge >= 0.3 is 0 Å². The molecule has 20 heavy (non-hydrogen) atoms. The van der Waals surface area contributed by atoms with E-state index in [-0.39, 0.29) is 0 Å². The van der Waals surface area contributed by atoms with Gasteiger partial charge in [0.15, 0.2) is 6.10 Å². The molecule has 0 aromatic carbocycles. The number of pyridine rings is 1. The van der Waals surface area contributed by atoms with Gasteiger partial charge < -0.3 is 20.1 Å². The average Bonchev–Trinajstić information content (AvgIpc) is 2.46. The van der Waals surface area contributed by atoms with Crippen LogP contribution in [-0.2, 0) is 4.74 Å². The molecule has 0 amide bonds. The molecule has 2 rings (SSSR count). The Kier molecular flexibility index (Phi) is 4.64. The van der Waals surface area contributed by atoms with Gasteiger partial charge in [-0.05, 0) is 18.1 Å². The van der Waals surface area contributed by atoms with Crippen LogP contribution in [-0.4, -0.2) is 37.4 Å². The second kappa shape index (κ2) is 6.44. The summed E-state index contributed by atoms with van der Waals surface area (Å²) in [7, 11) is 0. The number of rotatable bonds is 4. The molecule has 1 fully saturated rings. The maximum Gasteiger partial charge on any atom is 0.239 e. The molecule has 0 bridgehead atoms. The summed E-state index contributed by atoms with van der Waals surface area (Å²) in [5.41, 5.74) is 6.40. The van der Waals surface area contributed by atoms with Gasteiger partial charge in [-0.15, -0.1) is 0 Å². The third kappa shape index (κ3) is 3.52. The van der Waals surface area contributed by atoms with Crippen molar-refractivity contribution >= 4 is 11.5 Å². The maximum atomic E-state index is 8.93. The summed E-state index contributed by atoms with van der Waals surface area (Å²) in [6.45, 7) is 6.45. The van der Waals surface area contributed by atoms with Gasteiger partial charge in [-0.1, -0.05) is 13.8 Å². The first-order valence-corrected chi connectivity index (χ1v) is 6.75. The van der Waals surface area contributed by atoms with E-state index in [1.54, 1.807) is 6.07 Å². The molecule has 0 aliphatic carbocycles. The zero-order valence-electron chi connectivity index (χ0n) is 11.9. The van der Waals surface area contributed by atoms with Gasteiger partial charge in [-0.2, -0.15) is 10.2 Å². The van der Waals surface area contributed by atoms with E-state index in [0.717, 1.165) is 5.82 Å². The molecule has 6 nitrogen and oxygen atoms in total. The van der Waals surface area contributed by atoms with Gasteiger partial charge in [0.25, 0.3) is 0 Å². The van der Waals surface area contributed by atoms with Gasteiger partial charge in [0.05, 0.1) is 31.5 Å². The van der Waals surface area contributed by atoms with E-state index in [9.17, 15) is 0 Å². The smallest absolute Gasteiger partial charge is 0.239 e. The molecular formula is C14H20N4O2. The topological polar surface area (TPSA) is 84.4 Å². The number of hydrogen-bond acceptors (Lipinski definition) is 6. The fourth-order valence-electron chi connectivity index (χ4n) is 1.91. The van der Waals surface area contributed by atoms with E-state index >= 15 is 0 Å². The first-order chi connectivity index (χ1) is 9.60. The minimum Gasteiger partial charge on any atom is -0.476 e. The normalized spacial score (nSPS) is 18.9. The highest BCUT2D eigenvalue weighted by Crippen LogP contribution is 2.24. The summed E-state index contributed by atoms with van der Waals surface area (Å²) in [6.07, 6.45) is -0.414. The highest BCUT2D eigenvalue weighted by atomic mass is 16.5. The van der Waals surface area contributed by atoms with Crippen LogP contribution in [0.4, 0.5) is 11.5 Å². The average molecular weight is 276 g/mol. The third-order valence-corrected chi connectivity index (χ3v) is 2.96. The molecular weight excluding hydrogens is 256 g/mol. The summed E-state index contributed by atoms with van der Waals surface area (Å²) in [6, 6.07) is 5.75. The van der Waals surface area contributed by atoms with Crippen molar-refractivity contribution in [3.63, 3.8) is 0 Å². The number of ether oxygens (including phenoxy) is 2. The molecule has 1 saturated heterocycles. The highest BCUT2D eigenvalue weighted by molar-refractivity contribution is 5.54. The Morgan fingerprint density at radius 3 is 3.10 bits per heavy atom. The molecule has 1 aromatic heterocycles. The molecule has 1 atom stereocenters. The lowest BCUT2D eigenvalue weighted by Crippen LogP contribution is -2.42. The largest absolute Gasteiger partial charge is 0.476 e. The number of nitrogen functional groups attached to an aromatic ring is 1. The minimum atomic E-state index is -0.414. The summed E-state index contributed by atoms with van der Waals surface area (Å²) in [4.78, 5) is 6.46. The zero-order valence-corrected chi connectivity index (χ0v) is 11.9. The van der Waals surface area contributed by atoms with Crippen molar-refractivity contribution in [2.75, 3.05) is 36.9 Å². The molecule has 0 radical (unpaired) electrons. The number of nitrogens with zero attached hydrogens (tertiary/aromatic N) is 3. The lowest BCUT2D eigenvalue weighted by Gasteiger charge is -2.30. The van der Waals surface area contributed by atoms with E-state index in [4.69, 9.17) is 20.5 Å². The number of anilines is 2. The molecule has 2 N–H and O–H groups in total. The molecule has 1 unspecified atom stereocenters. The first kappa shape index (κ1) is 14.4. The highest BCUT2D eigenvalue weighted by Gasteiger charge is 2.21. The van der Waals surface area contributed by atoms with Crippen molar-refractivity contribution < 1.29 is 9.47 Å². The first-order valence-electron chi connectivity index (χ1n) is 6.75. The molecule has 0 saturated carbocycles. The fraction of sp³-hybridized carbons (Fsp3) is 0.571. The number of morpholine rings is 1. The molecule has 2 heterocycles. The van der Waals surface area contributed by atoms with E-state index in [0.29, 0.717) is 43.8 Å². The monoisotopic (exact) mass is 276 g/mol. The summed E-state index contributed by atoms with van der Waals surface area (Å²) >= 11 is 0. The number of aromatic nitrogens is 1. The van der Waals surface area contributed by atoms with E-state index in [1.165, 1.54) is 0 Å². The van der Waals surface area contributed by atoms with Crippen LogP contribution in [0, 0.1) is 17.2 Å². The minimum absolute atomic E-state index is 0.409. The number of nitrogens with two attached hydrogens (primary N) is 1. The molecule has 0 spiro atoms. The second-order valence-electron chi connectivity index (χ2n) is 5.20. The quantitative estimate of drug-likeness (QED) is 0.895. The lowest BCUT2D eigenvalue weighted by molar-refractivity contribution is 0.0761. The zero-order chi connectivity index (χ0) is 14.5. The third-order valence-electron chi connectivity index (χ3n) is 2.96. The standard InChI is InChI=1S/C14H20N4O2/c1-10(2)9-20-14-12(16)3-4-13(17-14)18-5-6-19-11(7-15)8-18/h3-4,10-11H,5-6,8-9,16H2,1-2H3. The predicted molar refractivity (Wildman–Crippen MR) is 76.5 cm³/mol. The van der Waals surface area contributed by atoms with Crippen molar-refractivity contribution in [1.82, 2.24) is 4.98 Å². The lowest BCUT2D eigenvalue weighted by atomic mass is 10.2. The Balaban J connectivity index is 2.12. The molecule has 1 aliphatic heterocycles.